The van der Waals surface area contributed by atoms with Gasteiger partial charge in [-0.1, -0.05) is 18.2 Å². The van der Waals surface area contributed by atoms with E-state index < -0.39 is 12.2 Å². The molecule has 0 spiro atoms. The summed E-state index contributed by atoms with van der Waals surface area (Å²) in [5, 5.41) is 36.2. The number of aliphatic hydroxyl groups excluding tert-OH is 4. The van der Waals surface area contributed by atoms with E-state index in [9.17, 15) is 10.2 Å². The number of aryl methyl sites for hydroxylation is 1. The Kier molecular flexibility index (Phi) is 7.21. The third-order valence-electron chi connectivity index (χ3n) is 3.66. The Hall–Kier alpha value is -2.12. The van der Waals surface area contributed by atoms with Gasteiger partial charge in [0, 0.05) is 0 Å². The van der Waals surface area contributed by atoms with E-state index in [4.69, 9.17) is 19.7 Å². The van der Waals surface area contributed by atoms with E-state index in [0.29, 0.717) is 11.5 Å². The van der Waals surface area contributed by atoms with Crippen LogP contribution in [0.2, 0.25) is 0 Å². The second kappa shape index (κ2) is 9.39. The SMILES string of the molecule is Cc1cc(-c2ccc(OCC(O)CO)cc2)ccc1OCC(O)CO. The Morgan fingerprint density at radius 1 is 0.800 bits per heavy atom. The molecule has 0 aliphatic rings. The van der Waals surface area contributed by atoms with Gasteiger partial charge in [0.1, 0.15) is 36.9 Å². The fourth-order valence-corrected chi connectivity index (χ4v) is 2.22. The first-order chi connectivity index (χ1) is 12.0. The fourth-order valence-electron chi connectivity index (χ4n) is 2.22. The molecule has 2 unspecified atom stereocenters. The number of hydrogen-bond acceptors (Lipinski definition) is 6. The molecule has 136 valence electrons. The highest BCUT2D eigenvalue weighted by Crippen LogP contribution is 2.27. The van der Waals surface area contributed by atoms with Gasteiger partial charge in [0.2, 0.25) is 0 Å². The number of aliphatic hydroxyl groups is 4. The average molecular weight is 348 g/mol. The predicted molar refractivity (Wildman–Crippen MR) is 93.8 cm³/mol. The van der Waals surface area contributed by atoms with Crippen LogP contribution in [0.1, 0.15) is 5.56 Å². The molecule has 25 heavy (non-hydrogen) atoms. The highest BCUT2D eigenvalue weighted by atomic mass is 16.5. The maximum atomic E-state index is 9.35. The lowest BCUT2D eigenvalue weighted by molar-refractivity contribution is 0.0534. The van der Waals surface area contributed by atoms with Crippen molar-refractivity contribution in [1.82, 2.24) is 0 Å². The molecule has 0 saturated carbocycles. The molecule has 2 rings (SSSR count). The Bertz CT molecular complexity index is 655. The van der Waals surface area contributed by atoms with Crippen molar-refractivity contribution in [2.75, 3.05) is 26.4 Å². The van der Waals surface area contributed by atoms with Crippen molar-refractivity contribution in [1.29, 1.82) is 0 Å². The van der Waals surface area contributed by atoms with Gasteiger partial charge in [-0.3, -0.25) is 0 Å². The summed E-state index contributed by atoms with van der Waals surface area (Å²) in [4.78, 5) is 0. The molecule has 0 aliphatic carbocycles. The van der Waals surface area contributed by atoms with E-state index in [0.717, 1.165) is 16.7 Å². The van der Waals surface area contributed by atoms with Gasteiger partial charge in [0.15, 0.2) is 0 Å². The molecule has 0 bridgehead atoms. The summed E-state index contributed by atoms with van der Waals surface area (Å²) in [5.41, 5.74) is 2.93. The Labute approximate surface area is 146 Å². The molecule has 0 aliphatic heterocycles. The summed E-state index contributed by atoms with van der Waals surface area (Å²) in [6.07, 6.45) is -1.78. The van der Waals surface area contributed by atoms with Crippen molar-refractivity contribution in [3.8, 4) is 22.6 Å². The first kappa shape index (κ1) is 19.2. The predicted octanol–water partition coefficient (Wildman–Crippen LogP) is 1.13. The molecule has 0 amide bonds. The topological polar surface area (TPSA) is 99.4 Å². The second-order valence-corrected chi connectivity index (χ2v) is 5.80. The summed E-state index contributed by atoms with van der Waals surface area (Å²) in [5.74, 6) is 1.28. The van der Waals surface area contributed by atoms with Crippen molar-refractivity contribution in [3.05, 3.63) is 48.0 Å². The van der Waals surface area contributed by atoms with Gasteiger partial charge in [-0.25, -0.2) is 0 Å². The smallest absolute Gasteiger partial charge is 0.122 e. The normalized spacial score (nSPS) is 13.3. The summed E-state index contributed by atoms with van der Waals surface area (Å²) in [6.45, 7) is 1.34. The Morgan fingerprint density at radius 3 is 1.92 bits per heavy atom. The lowest BCUT2D eigenvalue weighted by atomic mass is 10.0. The summed E-state index contributed by atoms with van der Waals surface area (Å²) >= 11 is 0. The van der Waals surface area contributed by atoms with Crippen LogP contribution in [0.5, 0.6) is 11.5 Å². The molecule has 6 heteroatoms. The average Bonchev–Trinajstić information content (AvgIpc) is 2.65. The minimum absolute atomic E-state index is 0.0423. The van der Waals surface area contributed by atoms with Crippen molar-refractivity contribution < 1.29 is 29.9 Å². The number of ether oxygens (including phenoxy) is 2. The number of hydrogen-bond donors (Lipinski definition) is 4. The molecule has 0 radical (unpaired) electrons. The van der Waals surface area contributed by atoms with Crippen LogP contribution >= 0.6 is 0 Å². The van der Waals surface area contributed by atoms with Crippen LogP contribution in [-0.4, -0.2) is 59.1 Å². The molecule has 6 nitrogen and oxygen atoms in total. The van der Waals surface area contributed by atoms with Gasteiger partial charge in [-0.15, -0.1) is 0 Å². The Balaban J connectivity index is 2.02. The summed E-state index contributed by atoms with van der Waals surface area (Å²) in [7, 11) is 0. The van der Waals surface area contributed by atoms with Gasteiger partial charge in [0.25, 0.3) is 0 Å². The Morgan fingerprint density at radius 2 is 1.36 bits per heavy atom. The van der Waals surface area contributed by atoms with Crippen LogP contribution in [0.15, 0.2) is 42.5 Å². The third-order valence-corrected chi connectivity index (χ3v) is 3.66. The highest BCUT2D eigenvalue weighted by Gasteiger charge is 2.08. The maximum absolute atomic E-state index is 9.35. The van der Waals surface area contributed by atoms with Crippen LogP contribution in [0, 0.1) is 6.92 Å². The minimum atomic E-state index is -0.893. The zero-order valence-electron chi connectivity index (χ0n) is 14.1. The van der Waals surface area contributed by atoms with E-state index in [1.165, 1.54) is 0 Å². The highest BCUT2D eigenvalue weighted by molar-refractivity contribution is 5.66. The van der Waals surface area contributed by atoms with Crippen LogP contribution < -0.4 is 9.47 Å². The van der Waals surface area contributed by atoms with E-state index in [-0.39, 0.29) is 26.4 Å². The number of rotatable bonds is 9. The first-order valence-corrected chi connectivity index (χ1v) is 8.08. The van der Waals surface area contributed by atoms with E-state index in [1.807, 2.05) is 37.3 Å². The zero-order valence-corrected chi connectivity index (χ0v) is 14.1. The van der Waals surface area contributed by atoms with E-state index >= 15 is 0 Å². The fraction of sp³-hybridized carbons (Fsp3) is 0.368. The molecule has 0 heterocycles. The molecule has 2 atom stereocenters. The minimum Gasteiger partial charge on any atom is -0.491 e. The quantitative estimate of drug-likeness (QED) is 0.542. The number of benzene rings is 2. The van der Waals surface area contributed by atoms with Gasteiger partial charge in [-0.2, -0.15) is 0 Å². The molecule has 0 aromatic heterocycles. The third kappa shape index (κ3) is 5.72. The van der Waals surface area contributed by atoms with Crippen molar-refractivity contribution >= 4 is 0 Å². The van der Waals surface area contributed by atoms with Crippen molar-refractivity contribution in [2.45, 2.75) is 19.1 Å². The second-order valence-electron chi connectivity index (χ2n) is 5.80. The van der Waals surface area contributed by atoms with Gasteiger partial charge in [0.05, 0.1) is 13.2 Å². The van der Waals surface area contributed by atoms with E-state index in [2.05, 4.69) is 0 Å². The molecule has 2 aromatic rings. The van der Waals surface area contributed by atoms with Crippen molar-refractivity contribution in [2.24, 2.45) is 0 Å². The monoisotopic (exact) mass is 348 g/mol. The van der Waals surface area contributed by atoms with Crippen LogP contribution in [0.25, 0.3) is 11.1 Å². The summed E-state index contributed by atoms with van der Waals surface area (Å²) < 4.78 is 10.9. The molecule has 2 aromatic carbocycles. The van der Waals surface area contributed by atoms with Gasteiger partial charge >= 0.3 is 0 Å². The first-order valence-electron chi connectivity index (χ1n) is 8.08. The standard InChI is InChI=1S/C19H24O6/c1-13-8-15(4-7-19(13)25-12-17(23)10-21)14-2-5-18(6-3-14)24-11-16(22)9-20/h2-8,16-17,20-23H,9-12H2,1H3. The van der Waals surface area contributed by atoms with Crippen molar-refractivity contribution in [3.63, 3.8) is 0 Å². The van der Waals surface area contributed by atoms with Crippen LogP contribution in [0.3, 0.4) is 0 Å². The molecular formula is C19H24O6. The van der Waals surface area contributed by atoms with E-state index in [1.54, 1.807) is 12.1 Å². The zero-order chi connectivity index (χ0) is 18.2. The molecule has 0 saturated heterocycles. The molecule has 0 fully saturated rings. The molecular weight excluding hydrogens is 324 g/mol. The largest absolute Gasteiger partial charge is 0.491 e. The molecule has 4 N–H and O–H groups in total. The maximum Gasteiger partial charge on any atom is 0.122 e. The lowest BCUT2D eigenvalue weighted by Gasteiger charge is -2.13. The van der Waals surface area contributed by atoms with Gasteiger partial charge < -0.3 is 29.9 Å². The van der Waals surface area contributed by atoms with Crippen LogP contribution in [-0.2, 0) is 0 Å². The van der Waals surface area contributed by atoms with Gasteiger partial charge in [-0.05, 0) is 47.9 Å². The van der Waals surface area contributed by atoms with Crippen LogP contribution in [0.4, 0.5) is 0 Å². The summed E-state index contributed by atoms with van der Waals surface area (Å²) in [6, 6.07) is 13.1. The lowest BCUT2D eigenvalue weighted by Crippen LogP contribution is -2.21.